The van der Waals surface area contributed by atoms with Crippen LogP contribution in [0, 0.1) is 0 Å². The molecule has 0 fully saturated rings. The molecule has 0 radical (unpaired) electrons. The van der Waals surface area contributed by atoms with Crippen LogP contribution in [0.2, 0.25) is 0 Å². The molecule has 0 aromatic rings. The highest BCUT2D eigenvalue weighted by Crippen LogP contribution is 2.18. The smallest absolute Gasteiger partial charge is 0.218 e. The highest BCUT2D eigenvalue weighted by molar-refractivity contribution is 5.53. The third-order valence-corrected chi connectivity index (χ3v) is 11.0. The van der Waals surface area contributed by atoms with E-state index in [1.807, 2.05) is 316 Å². The molecule has 0 spiro atoms. The number of hydrogen-bond acceptors (Lipinski definition) is 26. The van der Waals surface area contributed by atoms with E-state index in [2.05, 4.69) is 75.9 Å². The number of nitrogens with zero attached hydrogens (tertiary/aromatic N) is 17. The van der Waals surface area contributed by atoms with E-state index in [1.54, 1.807) is 56.1 Å². The largest absolute Gasteiger partial charge is 0.481 e. The zero-order valence-corrected chi connectivity index (χ0v) is 68.4. The maximum Gasteiger partial charge on any atom is 0.218 e. The van der Waals surface area contributed by atoms with Crippen LogP contribution in [0.1, 0.15) is 34.6 Å². The van der Waals surface area contributed by atoms with E-state index in [0.717, 1.165) is 11.6 Å². The predicted octanol–water partition coefficient (Wildman–Crippen LogP) is 5.02. The molecular formula is C66H153N17O10. The third kappa shape index (κ3) is 65.4. The van der Waals surface area contributed by atoms with Crippen LogP contribution in [0.4, 0.5) is 0 Å². The summed E-state index contributed by atoms with van der Waals surface area (Å²) in [4.78, 5) is 36.0. The van der Waals surface area contributed by atoms with E-state index in [0.29, 0.717) is 19.4 Å². The van der Waals surface area contributed by atoms with Crippen LogP contribution in [0.15, 0.2) is 65.4 Å². The van der Waals surface area contributed by atoms with Gasteiger partial charge in [0.25, 0.3) is 0 Å². The Morgan fingerprint density at radius 2 is 0.774 bits per heavy atom. The number of hydrogen-bond donors (Lipinski definition) is 0. The maximum atomic E-state index is 5.81. The minimum atomic E-state index is -0.213. The van der Waals surface area contributed by atoms with Gasteiger partial charge in [-0.25, -0.2) is 4.99 Å². The molecule has 0 aromatic heterocycles. The first-order valence-electron chi connectivity index (χ1n) is 31.0. The first-order chi connectivity index (χ1) is 42.7. The summed E-state index contributed by atoms with van der Waals surface area (Å²) in [6, 6.07) is 0. The molecule has 0 N–H and O–H groups in total. The van der Waals surface area contributed by atoms with E-state index in [-0.39, 0.29) is 49.9 Å². The van der Waals surface area contributed by atoms with Gasteiger partial charge < -0.3 is 71.9 Å². The van der Waals surface area contributed by atoms with E-state index < -0.39 is 0 Å². The minimum Gasteiger partial charge on any atom is -0.481 e. The van der Waals surface area contributed by atoms with Crippen LogP contribution in [0.5, 0.6) is 0 Å². The Hall–Kier alpha value is -3.63. The van der Waals surface area contributed by atoms with Gasteiger partial charge in [0.1, 0.15) is 11.9 Å². The Kier molecular flexibility index (Phi) is 73.0. The predicted molar refractivity (Wildman–Crippen MR) is 395 cm³/mol. The van der Waals surface area contributed by atoms with E-state index >= 15 is 0 Å². The molecule has 0 amide bonds. The van der Waals surface area contributed by atoms with Gasteiger partial charge in [-0.3, -0.25) is 53.9 Å². The number of ether oxygens (including phenoxy) is 10. The lowest BCUT2D eigenvalue weighted by Gasteiger charge is -2.35. The average Bonchev–Trinajstić information content (AvgIpc) is 1.97. The summed E-state index contributed by atoms with van der Waals surface area (Å²) >= 11 is 0. The van der Waals surface area contributed by atoms with Crippen molar-refractivity contribution in [1.29, 1.82) is 0 Å². The van der Waals surface area contributed by atoms with Crippen molar-refractivity contribution < 1.29 is 47.4 Å². The van der Waals surface area contributed by atoms with Crippen molar-refractivity contribution in [3.05, 3.63) is 60.4 Å². The Balaban J connectivity index is -0.000000149. The number of methoxy groups -OCH3 is 7. The molecule has 0 saturated carbocycles. The molecule has 562 valence electrons. The Morgan fingerprint density at radius 1 is 0.376 bits per heavy atom. The molecule has 0 rings (SSSR count). The van der Waals surface area contributed by atoms with Crippen molar-refractivity contribution in [1.82, 2.24) is 78.4 Å². The van der Waals surface area contributed by atoms with Gasteiger partial charge in [0.05, 0.1) is 25.2 Å². The van der Waals surface area contributed by atoms with Crippen LogP contribution in [-0.4, -0.2) is 429 Å². The lowest BCUT2D eigenvalue weighted by molar-refractivity contribution is -0.206. The molecule has 0 bridgehead atoms. The van der Waals surface area contributed by atoms with Crippen molar-refractivity contribution in [2.45, 2.75) is 90.7 Å². The summed E-state index contributed by atoms with van der Waals surface area (Å²) in [7, 11) is 74.9. The third-order valence-electron chi connectivity index (χ3n) is 11.0. The van der Waals surface area contributed by atoms with E-state index in [4.69, 9.17) is 47.4 Å². The van der Waals surface area contributed by atoms with Crippen molar-refractivity contribution in [3.63, 3.8) is 0 Å². The quantitative estimate of drug-likeness (QED) is 0.0278. The summed E-state index contributed by atoms with van der Waals surface area (Å²) in [5.41, 5.74) is 0.888. The summed E-state index contributed by atoms with van der Waals surface area (Å²) < 4.78 is 52.3. The van der Waals surface area contributed by atoms with Gasteiger partial charge >= 0.3 is 0 Å². The van der Waals surface area contributed by atoms with Gasteiger partial charge in [0.2, 0.25) is 25.1 Å². The fourth-order valence-corrected chi connectivity index (χ4v) is 7.25. The molecule has 93 heavy (non-hydrogen) atoms. The molecule has 0 saturated heterocycles. The van der Waals surface area contributed by atoms with Crippen LogP contribution in [0.3, 0.4) is 0 Å². The lowest BCUT2D eigenvalue weighted by Crippen LogP contribution is -2.46. The second-order valence-corrected chi connectivity index (χ2v) is 25.2. The topological polar surface area (TPSA) is 156 Å². The number of aliphatic imine (C=N–C) groups is 1. The highest BCUT2D eigenvalue weighted by Gasteiger charge is 2.25. The van der Waals surface area contributed by atoms with Crippen LogP contribution >= 0.6 is 0 Å². The summed E-state index contributed by atoms with van der Waals surface area (Å²) in [6.07, 6.45) is 17.8. The summed E-state index contributed by atoms with van der Waals surface area (Å²) in [5.74, 6) is 0.797. The van der Waals surface area contributed by atoms with E-state index in [1.165, 1.54) is 0 Å². The second-order valence-electron chi connectivity index (χ2n) is 25.2. The monoisotopic (exact) mass is 1340 g/mol. The highest BCUT2D eigenvalue weighted by atomic mass is 16.7. The molecule has 27 nitrogen and oxygen atoms in total. The first kappa shape index (κ1) is 105. The van der Waals surface area contributed by atoms with Crippen LogP contribution in [0.25, 0.3) is 0 Å². The molecule has 3 unspecified atom stereocenters. The summed E-state index contributed by atoms with van der Waals surface area (Å²) in [5, 5.41) is 0. The summed E-state index contributed by atoms with van der Waals surface area (Å²) in [6.45, 7) is 11.5. The number of allylic oxidation sites excluding steroid dienone is 4. The molecule has 0 heterocycles. The van der Waals surface area contributed by atoms with Crippen molar-refractivity contribution >= 4 is 6.34 Å². The maximum absolute atomic E-state index is 5.81. The Bertz CT molecular complexity index is 1760. The number of rotatable bonds is 34. The van der Waals surface area contributed by atoms with Gasteiger partial charge in [-0.1, -0.05) is 18.2 Å². The zero-order valence-electron chi connectivity index (χ0n) is 68.4. The second kappa shape index (κ2) is 64.4. The fourth-order valence-electron chi connectivity index (χ4n) is 7.25. The Morgan fingerprint density at radius 3 is 0.957 bits per heavy atom. The van der Waals surface area contributed by atoms with Gasteiger partial charge in [-0.15, -0.1) is 0 Å². The van der Waals surface area contributed by atoms with Gasteiger partial charge in [0, 0.05) is 126 Å². The standard InChI is InChI=1S/C11H25N3O2.C11H23N3.C10H20N2O.C9H22N2O.C7H17N3O.C7H17NO2.C6H16N2O.C5H13NO2/c1-12(2)9(10(15-7)13(3)4)11(16-8)14(5)6;1-12(2)10-8-7-9-11(13(3)4)14(5)6;1-11(2)9-7-6-8-10(13-5)12(3)4;1-9(2,3)12-8(10(4)5)11(6)7;1-9(2)6-8-7(11-5)10(3)4;1-5-9-7(8(3)4)10-6-2;1-7(2)6(9-5)8(3)4;1-6(2)5(7-3)8-4/h10H,1-8H3;7-11H,1-6H3;6-10H,1-5H3;8H,1-7H3;6-7H,1-5H3;7H,5-6H2,1-4H3;6H,1-5H3;5H,1-4H3/b11-9+;9-7+,10-8+;8-6+,9-7+;;;;;. The van der Waals surface area contributed by atoms with Gasteiger partial charge in [-0.05, 0) is 220 Å². The van der Waals surface area contributed by atoms with Crippen LogP contribution in [-0.2, 0) is 47.4 Å². The molecule has 0 aliphatic rings. The average molecular weight is 1350 g/mol. The van der Waals surface area contributed by atoms with Gasteiger partial charge in [0.15, 0.2) is 18.9 Å². The Labute approximate surface area is 574 Å². The SMILES string of the molecule is CCOC(OCC)N(C)C.CN(C)/C=C/C=C/C(N(C)C)N(C)C.CN(C)C(OC(C)(C)C)N(C)C.CO/C(=C(\C(OC)N(C)C)N(C)C)N(C)C.COC(/C=C/C=C/N(C)C)N(C)C.COC(N(C)C)N(C)C.COC(N=CN(C)C)N(C)C.COC(OC)N(C)C. The molecule has 0 aliphatic carbocycles. The zero-order chi connectivity index (χ0) is 75.1. The van der Waals surface area contributed by atoms with Crippen molar-refractivity contribution in [2.75, 3.05) is 289 Å². The molecular weight excluding hydrogens is 1190 g/mol. The molecule has 27 heteroatoms. The normalized spacial score (nSPS) is 13.3. The molecule has 3 atom stereocenters. The first-order valence-corrected chi connectivity index (χ1v) is 31.0. The fraction of sp³-hybridized carbons (Fsp3) is 0.833. The molecule has 0 aromatic carbocycles. The number of likely N-dealkylation sites (N-methyl/N-ethyl adjacent to an activating group) is 5. The minimum absolute atomic E-state index is 0.0463. The van der Waals surface area contributed by atoms with Crippen molar-refractivity contribution in [2.24, 2.45) is 4.99 Å². The molecule has 0 aliphatic heterocycles. The van der Waals surface area contributed by atoms with Crippen molar-refractivity contribution in [3.8, 4) is 0 Å². The van der Waals surface area contributed by atoms with Gasteiger partial charge in [-0.2, -0.15) is 0 Å². The van der Waals surface area contributed by atoms with E-state index in [9.17, 15) is 0 Å². The lowest BCUT2D eigenvalue weighted by atomic mass is 10.2. The van der Waals surface area contributed by atoms with Crippen LogP contribution < -0.4 is 0 Å².